The highest BCUT2D eigenvalue weighted by Gasteiger charge is 2.26. The number of benzene rings is 2. The zero-order valence-electron chi connectivity index (χ0n) is 17.3. The topological polar surface area (TPSA) is 50.8 Å². The second-order valence-corrected chi connectivity index (χ2v) is 9.22. The molecule has 1 N–H and O–H groups in total. The number of nitrogens with zero attached hydrogens (tertiary/aromatic N) is 1. The van der Waals surface area contributed by atoms with Crippen molar-refractivity contribution in [1.82, 2.24) is 10.2 Å². The fraction of sp³-hybridized carbons (Fsp3) is 0.435. The summed E-state index contributed by atoms with van der Waals surface area (Å²) in [5, 5.41) is 2.98. The van der Waals surface area contributed by atoms with Crippen molar-refractivity contribution in [2.75, 3.05) is 13.1 Å². The fourth-order valence-electron chi connectivity index (χ4n) is 3.38. The standard InChI is InChI=1S/C23H29BrN2O3/c1-23(2,3)29-22(27)25-19-12-13-26(15-19)14-18-10-7-11-20(24)21(18)28-16-17-8-5-4-6-9-17/h4-11,19H,12-16H2,1-3H3,(H,25,27). The number of hydrogen-bond acceptors (Lipinski definition) is 4. The number of carbonyl (C=O) groups is 1. The number of hydrogen-bond donors (Lipinski definition) is 1. The Morgan fingerprint density at radius 1 is 1.17 bits per heavy atom. The van der Waals surface area contributed by atoms with Crippen LogP contribution in [0.2, 0.25) is 0 Å². The molecule has 1 aliphatic heterocycles. The van der Waals surface area contributed by atoms with Crippen LogP contribution in [0.25, 0.3) is 0 Å². The van der Waals surface area contributed by atoms with Crippen molar-refractivity contribution in [2.24, 2.45) is 0 Å². The second-order valence-electron chi connectivity index (χ2n) is 8.37. The molecule has 0 radical (unpaired) electrons. The molecule has 0 saturated carbocycles. The first-order valence-corrected chi connectivity index (χ1v) is 10.8. The molecule has 6 heteroatoms. The Balaban J connectivity index is 1.58. The van der Waals surface area contributed by atoms with Gasteiger partial charge in [-0.2, -0.15) is 0 Å². The molecule has 0 spiro atoms. The maximum absolute atomic E-state index is 12.0. The molecular weight excluding hydrogens is 432 g/mol. The van der Waals surface area contributed by atoms with E-state index in [1.165, 1.54) is 0 Å². The Kier molecular flexibility index (Phi) is 7.19. The molecule has 2 aromatic rings. The summed E-state index contributed by atoms with van der Waals surface area (Å²) in [6.45, 7) is 8.64. The highest BCUT2D eigenvalue weighted by atomic mass is 79.9. The molecule has 1 unspecified atom stereocenters. The summed E-state index contributed by atoms with van der Waals surface area (Å²) in [7, 11) is 0. The Morgan fingerprint density at radius 2 is 1.93 bits per heavy atom. The van der Waals surface area contributed by atoms with E-state index in [1.807, 2.05) is 51.1 Å². The third-order valence-corrected chi connectivity index (χ3v) is 5.29. The van der Waals surface area contributed by atoms with Crippen LogP contribution < -0.4 is 10.1 Å². The fourth-order valence-corrected chi connectivity index (χ4v) is 3.90. The van der Waals surface area contributed by atoms with Crippen LogP contribution in [0.5, 0.6) is 5.75 Å². The summed E-state index contributed by atoms with van der Waals surface area (Å²) in [5.74, 6) is 0.875. The number of nitrogens with one attached hydrogen (secondary N) is 1. The number of likely N-dealkylation sites (tertiary alicyclic amines) is 1. The van der Waals surface area contributed by atoms with Gasteiger partial charge in [-0.25, -0.2) is 4.79 Å². The minimum Gasteiger partial charge on any atom is -0.487 e. The van der Waals surface area contributed by atoms with Crippen molar-refractivity contribution in [3.05, 3.63) is 64.1 Å². The second kappa shape index (κ2) is 9.63. The van der Waals surface area contributed by atoms with Crippen LogP contribution in [-0.2, 0) is 17.9 Å². The maximum Gasteiger partial charge on any atom is 0.407 e. The normalized spacial score (nSPS) is 17.2. The minimum atomic E-state index is -0.482. The number of para-hydroxylation sites is 1. The van der Waals surface area contributed by atoms with Gasteiger partial charge in [0, 0.05) is 31.2 Å². The molecular formula is C23H29BrN2O3. The van der Waals surface area contributed by atoms with Crippen molar-refractivity contribution in [3.63, 3.8) is 0 Å². The largest absolute Gasteiger partial charge is 0.487 e. The molecule has 0 bridgehead atoms. The van der Waals surface area contributed by atoms with E-state index in [2.05, 4.69) is 44.3 Å². The molecule has 5 nitrogen and oxygen atoms in total. The van der Waals surface area contributed by atoms with Crippen LogP contribution in [0, 0.1) is 0 Å². The van der Waals surface area contributed by atoms with Crippen LogP contribution in [0.15, 0.2) is 53.0 Å². The van der Waals surface area contributed by atoms with Gasteiger partial charge in [-0.05, 0) is 54.8 Å². The number of alkyl carbamates (subject to hydrolysis) is 1. The monoisotopic (exact) mass is 460 g/mol. The van der Waals surface area contributed by atoms with E-state index in [-0.39, 0.29) is 12.1 Å². The summed E-state index contributed by atoms with van der Waals surface area (Å²) >= 11 is 3.63. The van der Waals surface area contributed by atoms with Crippen LogP contribution in [0.3, 0.4) is 0 Å². The van der Waals surface area contributed by atoms with Crippen molar-refractivity contribution in [3.8, 4) is 5.75 Å². The average molecular weight is 461 g/mol. The molecule has 29 heavy (non-hydrogen) atoms. The van der Waals surface area contributed by atoms with Crippen LogP contribution in [0.1, 0.15) is 38.3 Å². The first-order valence-electron chi connectivity index (χ1n) is 9.96. The zero-order valence-corrected chi connectivity index (χ0v) is 18.9. The molecule has 1 aliphatic rings. The molecule has 3 rings (SSSR count). The molecule has 0 aromatic heterocycles. The lowest BCUT2D eigenvalue weighted by atomic mass is 10.2. The van der Waals surface area contributed by atoms with Crippen LogP contribution in [0.4, 0.5) is 4.79 Å². The van der Waals surface area contributed by atoms with E-state index in [0.29, 0.717) is 6.61 Å². The highest BCUT2D eigenvalue weighted by Crippen LogP contribution is 2.31. The lowest BCUT2D eigenvalue weighted by molar-refractivity contribution is 0.0505. The molecule has 1 fully saturated rings. The molecule has 2 aromatic carbocycles. The highest BCUT2D eigenvalue weighted by molar-refractivity contribution is 9.10. The molecule has 1 amide bonds. The third-order valence-electron chi connectivity index (χ3n) is 4.66. The van der Waals surface area contributed by atoms with Gasteiger partial charge in [0.2, 0.25) is 0 Å². The van der Waals surface area contributed by atoms with Gasteiger partial charge in [-0.1, -0.05) is 42.5 Å². The number of amides is 1. The van der Waals surface area contributed by atoms with Gasteiger partial charge in [0.05, 0.1) is 4.47 Å². The lowest BCUT2D eigenvalue weighted by Crippen LogP contribution is -2.40. The summed E-state index contributed by atoms with van der Waals surface area (Å²) in [4.78, 5) is 14.4. The van der Waals surface area contributed by atoms with Gasteiger partial charge in [-0.15, -0.1) is 0 Å². The smallest absolute Gasteiger partial charge is 0.407 e. The molecule has 0 aliphatic carbocycles. The minimum absolute atomic E-state index is 0.102. The molecule has 156 valence electrons. The van der Waals surface area contributed by atoms with E-state index in [4.69, 9.17) is 9.47 Å². The van der Waals surface area contributed by atoms with E-state index >= 15 is 0 Å². The Labute approximate surface area is 181 Å². The van der Waals surface area contributed by atoms with Gasteiger partial charge in [0.25, 0.3) is 0 Å². The SMILES string of the molecule is CC(C)(C)OC(=O)NC1CCN(Cc2cccc(Br)c2OCc2ccccc2)C1. The van der Waals surface area contributed by atoms with Gasteiger partial charge in [-0.3, -0.25) is 4.90 Å². The molecule has 1 saturated heterocycles. The number of halogens is 1. The number of rotatable bonds is 6. The molecule has 1 atom stereocenters. The van der Waals surface area contributed by atoms with E-state index in [9.17, 15) is 4.79 Å². The van der Waals surface area contributed by atoms with Gasteiger partial charge < -0.3 is 14.8 Å². The van der Waals surface area contributed by atoms with Crippen molar-refractivity contribution in [1.29, 1.82) is 0 Å². The summed E-state index contributed by atoms with van der Waals surface area (Å²) < 4.78 is 12.5. The van der Waals surface area contributed by atoms with E-state index in [1.54, 1.807) is 0 Å². The maximum atomic E-state index is 12.0. The Morgan fingerprint density at radius 3 is 2.66 bits per heavy atom. The van der Waals surface area contributed by atoms with Crippen molar-refractivity contribution < 1.29 is 14.3 Å². The van der Waals surface area contributed by atoms with E-state index in [0.717, 1.165) is 47.4 Å². The Bertz CT molecular complexity index is 821. The number of carbonyl (C=O) groups excluding carboxylic acids is 1. The number of ether oxygens (including phenoxy) is 2. The first kappa shape index (κ1) is 21.7. The molecule has 1 heterocycles. The summed E-state index contributed by atoms with van der Waals surface area (Å²) in [6, 6.07) is 16.4. The summed E-state index contributed by atoms with van der Waals surface area (Å²) in [6.07, 6.45) is 0.562. The van der Waals surface area contributed by atoms with E-state index < -0.39 is 5.60 Å². The van der Waals surface area contributed by atoms with Crippen LogP contribution in [-0.4, -0.2) is 35.7 Å². The van der Waals surface area contributed by atoms with Crippen molar-refractivity contribution >= 4 is 22.0 Å². The van der Waals surface area contributed by atoms with Gasteiger partial charge in [0.15, 0.2) is 0 Å². The quantitative estimate of drug-likeness (QED) is 0.649. The van der Waals surface area contributed by atoms with Crippen molar-refractivity contribution in [2.45, 2.75) is 52.0 Å². The summed E-state index contributed by atoms with van der Waals surface area (Å²) in [5.41, 5.74) is 1.79. The third kappa shape index (κ3) is 6.75. The van der Waals surface area contributed by atoms with Gasteiger partial charge >= 0.3 is 6.09 Å². The zero-order chi connectivity index (χ0) is 20.9. The Hall–Kier alpha value is -2.05. The van der Waals surface area contributed by atoms with Gasteiger partial charge in [0.1, 0.15) is 18.0 Å². The predicted octanol–water partition coefficient (Wildman–Crippen LogP) is 5.13. The predicted molar refractivity (Wildman–Crippen MR) is 118 cm³/mol. The van der Waals surface area contributed by atoms with Crippen LogP contribution >= 0.6 is 15.9 Å². The average Bonchev–Trinajstić information content (AvgIpc) is 3.07. The lowest BCUT2D eigenvalue weighted by Gasteiger charge is -2.22. The first-order chi connectivity index (χ1) is 13.8.